The molecule has 1 saturated heterocycles. The third-order valence-electron chi connectivity index (χ3n) is 6.15. The highest BCUT2D eigenvalue weighted by Crippen LogP contribution is 2.38. The Morgan fingerprint density at radius 1 is 1.12 bits per heavy atom. The van der Waals surface area contributed by atoms with Crippen LogP contribution in [0, 0.1) is 12.3 Å². The first-order valence-electron chi connectivity index (χ1n) is 10.7. The van der Waals surface area contributed by atoms with Gasteiger partial charge in [0.1, 0.15) is 11.6 Å². The van der Waals surface area contributed by atoms with Crippen LogP contribution in [0.3, 0.4) is 0 Å². The number of anilines is 1. The van der Waals surface area contributed by atoms with Gasteiger partial charge in [0.05, 0.1) is 11.1 Å². The first-order chi connectivity index (χ1) is 15.0. The van der Waals surface area contributed by atoms with Gasteiger partial charge in [-0.05, 0) is 30.9 Å². The molecule has 0 radical (unpaired) electrons. The van der Waals surface area contributed by atoms with E-state index >= 15 is 0 Å². The van der Waals surface area contributed by atoms with Crippen molar-refractivity contribution in [3.05, 3.63) is 46.5 Å². The lowest BCUT2D eigenvalue weighted by atomic mass is 9.76. The Morgan fingerprint density at radius 2 is 1.88 bits per heavy atom. The van der Waals surface area contributed by atoms with Gasteiger partial charge in [0.2, 0.25) is 0 Å². The van der Waals surface area contributed by atoms with Gasteiger partial charge < -0.3 is 14.2 Å². The molecule has 1 fully saturated rings. The summed E-state index contributed by atoms with van der Waals surface area (Å²) in [5, 5.41) is 0. The molecule has 172 valence electrons. The number of furan rings is 1. The first kappa shape index (κ1) is 22.4. The molecule has 0 unspecified atom stereocenters. The van der Waals surface area contributed by atoms with Crippen LogP contribution in [-0.4, -0.2) is 47.8 Å². The molecule has 2 aliphatic rings. The highest BCUT2D eigenvalue weighted by atomic mass is 19.4. The molecule has 4 rings (SSSR count). The van der Waals surface area contributed by atoms with Gasteiger partial charge in [0, 0.05) is 50.8 Å². The first-order valence-corrected chi connectivity index (χ1v) is 10.7. The lowest BCUT2D eigenvalue weighted by Gasteiger charge is -2.27. The van der Waals surface area contributed by atoms with Crippen LogP contribution >= 0.6 is 0 Å². The molecule has 0 saturated carbocycles. The van der Waals surface area contributed by atoms with E-state index in [-0.39, 0.29) is 22.9 Å². The summed E-state index contributed by atoms with van der Waals surface area (Å²) in [4.78, 5) is 33.3. The summed E-state index contributed by atoms with van der Waals surface area (Å²) >= 11 is 0. The average molecular weight is 449 g/mol. The molecule has 0 spiro atoms. The van der Waals surface area contributed by atoms with Gasteiger partial charge in [0.25, 0.3) is 5.91 Å². The molecule has 1 aliphatic carbocycles. The fourth-order valence-electron chi connectivity index (χ4n) is 4.52. The van der Waals surface area contributed by atoms with Crippen LogP contribution in [0.25, 0.3) is 0 Å². The van der Waals surface area contributed by atoms with Crippen molar-refractivity contribution < 1.29 is 27.2 Å². The van der Waals surface area contributed by atoms with Crippen molar-refractivity contribution in [3.63, 3.8) is 0 Å². The molecular formula is C23H26F3N3O3. The summed E-state index contributed by atoms with van der Waals surface area (Å²) in [7, 11) is 0. The molecule has 1 amide bonds. The second-order valence-electron chi connectivity index (χ2n) is 9.33. The summed E-state index contributed by atoms with van der Waals surface area (Å²) in [6.07, 6.45) is -1.93. The number of fused-ring (bicyclic) bond motifs is 1. The Bertz CT molecular complexity index is 1040. The zero-order valence-electron chi connectivity index (χ0n) is 18.4. The molecular weight excluding hydrogens is 423 g/mol. The molecule has 0 N–H and O–H groups in total. The Hall–Kier alpha value is -2.84. The fraction of sp³-hybridized carbons (Fsp3) is 0.522. The molecule has 6 nitrogen and oxygen atoms in total. The van der Waals surface area contributed by atoms with E-state index in [1.165, 1.54) is 6.07 Å². The number of rotatable bonds is 2. The van der Waals surface area contributed by atoms with Gasteiger partial charge in [-0.25, -0.2) is 4.98 Å². The van der Waals surface area contributed by atoms with Crippen molar-refractivity contribution in [1.29, 1.82) is 0 Å². The molecule has 32 heavy (non-hydrogen) atoms. The van der Waals surface area contributed by atoms with E-state index in [1.807, 2.05) is 18.7 Å². The number of carbonyl (C=O) groups is 2. The quantitative estimate of drug-likeness (QED) is 0.675. The SMILES string of the molecule is Cc1c(C(=O)N2CCCN(c3ccc(C(F)(F)F)cn3)CC2)oc2c1C(=O)CC(C)(C)C2. The van der Waals surface area contributed by atoms with Crippen LogP contribution in [0.2, 0.25) is 0 Å². The van der Waals surface area contributed by atoms with E-state index in [1.54, 1.807) is 11.8 Å². The molecule has 0 bridgehead atoms. The Morgan fingerprint density at radius 3 is 2.53 bits per heavy atom. The lowest BCUT2D eigenvalue weighted by Crippen LogP contribution is -2.35. The monoisotopic (exact) mass is 449 g/mol. The van der Waals surface area contributed by atoms with E-state index in [0.29, 0.717) is 68.1 Å². The molecule has 1 aliphatic heterocycles. The van der Waals surface area contributed by atoms with Crippen molar-refractivity contribution >= 4 is 17.5 Å². The van der Waals surface area contributed by atoms with Crippen LogP contribution in [0.4, 0.5) is 19.0 Å². The summed E-state index contributed by atoms with van der Waals surface area (Å²) in [5.74, 6) is 0.987. The van der Waals surface area contributed by atoms with Crippen molar-refractivity contribution in [1.82, 2.24) is 9.88 Å². The molecule has 0 aromatic carbocycles. The number of alkyl halides is 3. The number of pyridine rings is 1. The van der Waals surface area contributed by atoms with E-state index in [2.05, 4.69) is 4.98 Å². The maximum Gasteiger partial charge on any atom is 0.417 e. The average Bonchev–Trinajstić information content (AvgIpc) is 2.88. The fourth-order valence-corrected chi connectivity index (χ4v) is 4.52. The maximum atomic E-state index is 13.2. The largest absolute Gasteiger partial charge is 0.455 e. The summed E-state index contributed by atoms with van der Waals surface area (Å²) in [5.41, 5.74) is 0.142. The van der Waals surface area contributed by atoms with Crippen LogP contribution in [-0.2, 0) is 12.6 Å². The number of nitrogens with zero attached hydrogens (tertiary/aromatic N) is 3. The van der Waals surface area contributed by atoms with Gasteiger partial charge in [-0.3, -0.25) is 9.59 Å². The zero-order valence-corrected chi connectivity index (χ0v) is 18.4. The Balaban J connectivity index is 1.49. The Labute approximate surface area is 184 Å². The second-order valence-corrected chi connectivity index (χ2v) is 9.33. The van der Waals surface area contributed by atoms with Crippen LogP contribution in [0.5, 0.6) is 0 Å². The normalized spacial score (nSPS) is 19.0. The summed E-state index contributed by atoms with van der Waals surface area (Å²) in [6, 6.07) is 2.38. The standard InChI is InChI=1S/C23H26F3N3O3/c1-14-19-16(30)11-22(2,3)12-17(19)32-20(14)21(31)29-8-4-7-28(9-10-29)18-6-5-15(13-27-18)23(24,25)26/h5-6,13H,4,7-12H2,1-3H3. The van der Waals surface area contributed by atoms with Gasteiger partial charge in [-0.2, -0.15) is 13.2 Å². The highest BCUT2D eigenvalue weighted by molar-refractivity contribution is 6.03. The number of carbonyl (C=O) groups excluding carboxylic acids is 2. The predicted octanol–water partition coefficient (Wildman–Crippen LogP) is 4.51. The smallest absolute Gasteiger partial charge is 0.417 e. The van der Waals surface area contributed by atoms with E-state index in [0.717, 1.165) is 12.3 Å². The van der Waals surface area contributed by atoms with Crippen molar-refractivity contribution in [3.8, 4) is 0 Å². The Kier molecular flexibility index (Phi) is 5.55. The molecule has 9 heteroatoms. The van der Waals surface area contributed by atoms with E-state index < -0.39 is 11.7 Å². The van der Waals surface area contributed by atoms with E-state index in [4.69, 9.17) is 4.42 Å². The van der Waals surface area contributed by atoms with Crippen LogP contribution in [0.15, 0.2) is 22.7 Å². The second kappa shape index (κ2) is 7.94. The maximum absolute atomic E-state index is 13.2. The number of halogens is 3. The van der Waals surface area contributed by atoms with Gasteiger partial charge in [-0.1, -0.05) is 13.8 Å². The van der Waals surface area contributed by atoms with Gasteiger partial charge in [0.15, 0.2) is 11.5 Å². The van der Waals surface area contributed by atoms with Gasteiger partial charge in [-0.15, -0.1) is 0 Å². The van der Waals surface area contributed by atoms with Crippen LogP contribution in [0.1, 0.15) is 64.5 Å². The molecule has 0 atom stereocenters. The minimum Gasteiger partial charge on any atom is -0.455 e. The minimum absolute atomic E-state index is 0.00645. The molecule has 3 heterocycles. The number of aromatic nitrogens is 1. The minimum atomic E-state index is -4.43. The molecule has 2 aromatic rings. The van der Waals surface area contributed by atoms with Crippen molar-refractivity contribution in [2.75, 3.05) is 31.1 Å². The van der Waals surface area contributed by atoms with Crippen molar-refractivity contribution in [2.24, 2.45) is 5.41 Å². The van der Waals surface area contributed by atoms with Crippen molar-refractivity contribution in [2.45, 2.75) is 46.2 Å². The topological polar surface area (TPSA) is 66.7 Å². The summed E-state index contributed by atoms with van der Waals surface area (Å²) < 4.78 is 44.3. The predicted molar refractivity (Wildman–Crippen MR) is 112 cm³/mol. The molecule has 2 aromatic heterocycles. The number of Topliss-reactive ketones (excluding diaryl/α,β-unsaturated/α-hetero) is 1. The van der Waals surface area contributed by atoms with E-state index in [9.17, 15) is 22.8 Å². The summed E-state index contributed by atoms with van der Waals surface area (Å²) in [6.45, 7) is 7.64. The third kappa shape index (κ3) is 4.25. The number of hydrogen-bond acceptors (Lipinski definition) is 5. The number of hydrogen-bond donors (Lipinski definition) is 0. The zero-order chi connectivity index (χ0) is 23.3. The number of amides is 1. The lowest BCUT2D eigenvalue weighted by molar-refractivity contribution is -0.137. The third-order valence-corrected chi connectivity index (χ3v) is 6.15. The van der Waals surface area contributed by atoms with Crippen LogP contribution < -0.4 is 4.90 Å². The van der Waals surface area contributed by atoms with Gasteiger partial charge >= 0.3 is 6.18 Å². The highest BCUT2D eigenvalue weighted by Gasteiger charge is 2.38. The number of ketones is 1.